The maximum Gasteiger partial charge on any atom is 0.0319 e. The highest BCUT2D eigenvalue weighted by Crippen LogP contribution is 2.57. The van der Waals surface area contributed by atoms with Crippen LogP contribution in [0.15, 0.2) is 71.3 Å². The van der Waals surface area contributed by atoms with Gasteiger partial charge in [-0.15, -0.1) is 0 Å². The lowest BCUT2D eigenvalue weighted by molar-refractivity contribution is 0.263. The Morgan fingerprint density at radius 2 is 1.47 bits per heavy atom. The summed E-state index contributed by atoms with van der Waals surface area (Å²) in [6.07, 6.45) is 9.57. The Morgan fingerprint density at radius 3 is 2.16 bits per heavy atom. The summed E-state index contributed by atoms with van der Waals surface area (Å²) in [5.74, 6) is 1.90. The van der Waals surface area contributed by atoms with E-state index in [2.05, 4.69) is 70.2 Å². The average molecular weight is 423 g/mol. The molecule has 0 aromatic heterocycles. The summed E-state index contributed by atoms with van der Waals surface area (Å²) >= 11 is 0. The number of aryl methyl sites for hydroxylation is 3. The summed E-state index contributed by atoms with van der Waals surface area (Å²) in [6, 6.07) is 16.3. The van der Waals surface area contributed by atoms with Gasteiger partial charge in [0.2, 0.25) is 0 Å². The van der Waals surface area contributed by atoms with Crippen LogP contribution in [0.25, 0.3) is 5.57 Å². The van der Waals surface area contributed by atoms with Gasteiger partial charge in [-0.25, -0.2) is 0 Å². The van der Waals surface area contributed by atoms with Gasteiger partial charge in [-0.2, -0.15) is 0 Å². The molecule has 1 fully saturated rings. The molecule has 0 spiro atoms. The van der Waals surface area contributed by atoms with Crippen molar-refractivity contribution in [2.24, 2.45) is 11.8 Å². The van der Waals surface area contributed by atoms with Crippen LogP contribution in [0.1, 0.15) is 85.6 Å². The molecule has 2 atom stereocenters. The highest BCUT2D eigenvalue weighted by molar-refractivity contribution is 5.87. The third-order valence-corrected chi connectivity index (χ3v) is 8.55. The summed E-state index contributed by atoms with van der Waals surface area (Å²) in [5, 5.41) is 0. The van der Waals surface area contributed by atoms with Crippen molar-refractivity contribution in [3.8, 4) is 0 Å². The zero-order valence-electron chi connectivity index (χ0n) is 20.4. The van der Waals surface area contributed by atoms with E-state index in [0.29, 0.717) is 11.8 Å². The molecule has 1 saturated carbocycles. The van der Waals surface area contributed by atoms with Crippen molar-refractivity contribution >= 4 is 5.57 Å². The smallest absolute Gasteiger partial charge is 0.0319 e. The van der Waals surface area contributed by atoms with Crippen molar-refractivity contribution < 1.29 is 0 Å². The van der Waals surface area contributed by atoms with E-state index in [1.54, 1.807) is 5.57 Å². The van der Waals surface area contributed by atoms with Gasteiger partial charge in [-0.1, -0.05) is 85.0 Å². The van der Waals surface area contributed by atoms with E-state index in [1.165, 1.54) is 95.1 Å². The first kappa shape index (κ1) is 21.5. The lowest BCUT2D eigenvalue weighted by Gasteiger charge is -2.37. The van der Waals surface area contributed by atoms with Crippen LogP contribution in [0.2, 0.25) is 0 Å². The van der Waals surface area contributed by atoms with Gasteiger partial charge in [-0.3, -0.25) is 0 Å². The van der Waals surface area contributed by atoms with E-state index in [1.807, 2.05) is 0 Å². The van der Waals surface area contributed by atoms with Crippen molar-refractivity contribution in [2.45, 2.75) is 78.6 Å². The summed E-state index contributed by atoms with van der Waals surface area (Å²) in [4.78, 5) is 0. The van der Waals surface area contributed by atoms with E-state index in [-0.39, 0.29) is 0 Å². The standard InChI is InChI=1S/C32H38/c1-20-11-14-26(15-12-20)31-24(5)30-23(4)28(25-9-7-6-8-10-25)17-18-29(30)32(31)27-16-13-21(2)19-22(27)3/h11-16,19,25,28,32H,4,6-10,17-18H2,1-3,5H3. The van der Waals surface area contributed by atoms with Crippen LogP contribution < -0.4 is 0 Å². The molecule has 0 N–H and O–H groups in total. The van der Waals surface area contributed by atoms with Crippen LogP contribution in [0.5, 0.6) is 0 Å². The molecule has 0 heterocycles. The summed E-state index contributed by atoms with van der Waals surface area (Å²) in [7, 11) is 0. The van der Waals surface area contributed by atoms with Crippen LogP contribution in [0.3, 0.4) is 0 Å². The molecule has 0 heteroatoms. The van der Waals surface area contributed by atoms with Crippen molar-refractivity contribution in [1.82, 2.24) is 0 Å². The highest BCUT2D eigenvalue weighted by atomic mass is 14.4. The third kappa shape index (κ3) is 3.62. The Kier molecular flexibility index (Phi) is 5.74. The monoisotopic (exact) mass is 422 g/mol. The Morgan fingerprint density at radius 1 is 0.781 bits per heavy atom. The van der Waals surface area contributed by atoms with E-state index in [9.17, 15) is 0 Å². The number of allylic oxidation sites excluding steroid dienone is 5. The summed E-state index contributed by atoms with van der Waals surface area (Å²) in [6.45, 7) is 13.8. The van der Waals surface area contributed by atoms with Crippen molar-refractivity contribution in [1.29, 1.82) is 0 Å². The fourth-order valence-electron chi connectivity index (χ4n) is 6.96. The van der Waals surface area contributed by atoms with E-state index in [0.717, 1.165) is 5.92 Å². The quantitative estimate of drug-likeness (QED) is 0.463. The first-order valence-electron chi connectivity index (χ1n) is 12.7. The Labute approximate surface area is 195 Å². The molecule has 0 bridgehead atoms. The Hall–Kier alpha value is -2.34. The van der Waals surface area contributed by atoms with Gasteiger partial charge in [0.15, 0.2) is 0 Å². The van der Waals surface area contributed by atoms with Gasteiger partial charge in [0.25, 0.3) is 0 Å². The summed E-state index contributed by atoms with van der Waals surface area (Å²) in [5.41, 5.74) is 14.6. The third-order valence-electron chi connectivity index (χ3n) is 8.55. The molecule has 0 nitrogen and oxygen atoms in total. The van der Waals surface area contributed by atoms with Crippen LogP contribution in [-0.2, 0) is 0 Å². The van der Waals surface area contributed by atoms with E-state index >= 15 is 0 Å². The predicted octanol–water partition coefficient (Wildman–Crippen LogP) is 9.03. The Balaban J connectivity index is 1.63. The van der Waals surface area contributed by atoms with Crippen molar-refractivity contribution in [2.75, 3.05) is 0 Å². The molecule has 0 saturated heterocycles. The minimum atomic E-state index is 0.373. The summed E-state index contributed by atoms with van der Waals surface area (Å²) < 4.78 is 0. The maximum atomic E-state index is 4.78. The minimum absolute atomic E-state index is 0.373. The molecule has 0 aliphatic heterocycles. The molecule has 3 aliphatic carbocycles. The molecule has 5 rings (SSSR count). The van der Waals surface area contributed by atoms with Crippen molar-refractivity contribution in [3.63, 3.8) is 0 Å². The Bertz CT molecular complexity index is 1100. The minimum Gasteiger partial charge on any atom is -0.0949 e. The number of hydrogen-bond acceptors (Lipinski definition) is 0. The first-order valence-corrected chi connectivity index (χ1v) is 12.7. The van der Waals surface area contributed by atoms with Gasteiger partial charge in [-0.05, 0) is 104 Å². The number of rotatable bonds is 3. The lowest BCUT2D eigenvalue weighted by Crippen LogP contribution is -2.24. The fraction of sp³-hybridized carbons (Fsp3) is 0.438. The SMILES string of the molecule is C=C1C2=C(CCC1C1CCCCC1)C(c1ccc(C)cc1C)C(c1ccc(C)cc1)=C2C. The van der Waals surface area contributed by atoms with Crippen LogP contribution >= 0.6 is 0 Å². The molecule has 3 aliphatic rings. The molecular weight excluding hydrogens is 384 g/mol. The fourth-order valence-corrected chi connectivity index (χ4v) is 6.96. The normalized spacial score (nSPS) is 24.3. The zero-order chi connectivity index (χ0) is 22.4. The second kappa shape index (κ2) is 8.54. The maximum absolute atomic E-state index is 4.78. The van der Waals surface area contributed by atoms with Gasteiger partial charge in [0, 0.05) is 5.92 Å². The van der Waals surface area contributed by atoms with Crippen molar-refractivity contribution in [3.05, 3.63) is 99.2 Å². The van der Waals surface area contributed by atoms with Crippen LogP contribution in [0, 0.1) is 32.6 Å². The van der Waals surface area contributed by atoms with Crippen LogP contribution in [0.4, 0.5) is 0 Å². The van der Waals surface area contributed by atoms with Gasteiger partial charge < -0.3 is 0 Å². The molecule has 0 radical (unpaired) electrons. The van der Waals surface area contributed by atoms with Gasteiger partial charge in [0.1, 0.15) is 0 Å². The molecule has 32 heavy (non-hydrogen) atoms. The van der Waals surface area contributed by atoms with E-state index < -0.39 is 0 Å². The second-order valence-electron chi connectivity index (χ2n) is 10.7. The largest absolute Gasteiger partial charge is 0.0949 e. The second-order valence-corrected chi connectivity index (χ2v) is 10.7. The molecule has 2 aromatic rings. The van der Waals surface area contributed by atoms with Gasteiger partial charge in [0.05, 0.1) is 0 Å². The lowest BCUT2D eigenvalue weighted by atomic mass is 9.68. The zero-order valence-corrected chi connectivity index (χ0v) is 20.4. The number of hydrogen-bond donors (Lipinski definition) is 0. The molecule has 0 amide bonds. The highest BCUT2D eigenvalue weighted by Gasteiger charge is 2.40. The average Bonchev–Trinajstić information content (AvgIpc) is 3.08. The first-order chi connectivity index (χ1) is 15.5. The van der Waals surface area contributed by atoms with E-state index in [4.69, 9.17) is 6.58 Å². The molecular formula is C32H38. The molecule has 2 unspecified atom stereocenters. The predicted molar refractivity (Wildman–Crippen MR) is 138 cm³/mol. The topological polar surface area (TPSA) is 0 Å². The molecule has 2 aromatic carbocycles. The molecule has 166 valence electrons. The van der Waals surface area contributed by atoms with Gasteiger partial charge >= 0.3 is 0 Å². The number of benzene rings is 2. The van der Waals surface area contributed by atoms with Crippen LogP contribution in [-0.4, -0.2) is 0 Å².